The highest BCUT2D eigenvalue weighted by atomic mass is 16.1. The summed E-state index contributed by atoms with van der Waals surface area (Å²) in [6.45, 7) is 4.64. The number of carbonyl (C=O) groups excluding carboxylic acids is 2. The minimum absolute atomic E-state index is 0.0125. The molecule has 4 aliphatic carbocycles. The van der Waals surface area contributed by atoms with Crippen LogP contribution in [0.3, 0.4) is 0 Å². The van der Waals surface area contributed by atoms with Gasteiger partial charge in [0, 0.05) is 17.3 Å². The van der Waals surface area contributed by atoms with Gasteiger partial charge in [0.1, 0.15) is 5.78 Å². The van der Waals surface area contributed by atoms with Gasteiger partial charge >= 0.3 is 0 Å². The molecule has 0 amide bonds. The van der Waals surface area contributed by atoms with Crippen LogP contribution in [0.5, 0.6) is 0 Å². The average Bonchev–Trinajstić information content (AvgIpc) is 3.07. The zero-order valence-electron chi connectivity index (χ0n) is 19.2. The van der Waals surface area contributed by atoms with Gasteiger partial charge in [-0.15, -0.1) is 0 Å². The molecule has 5 atom stereocenters. The van der Waals surface area contributed by atoms with Crippen LogP contribution in [0, 0.1) is 28.6 Å². The molecule has 0 aliphatic heterocycles. The minimum Gasteiger partial charge on any atom is -0.299 e. The van der Waals surface area contributed by atoms with Crippen LogP contribution in [0.2, 0.25) is 0 Å². The number of rotatable bonds is 5. The van der Waals surface area contributed by atoms with Crippen molar-refractivity contribution in [3.05, 3.63) is 59.2 Å². The lowest BCUT2D eigenvalue weighted by Gasteiger charge is -2.55. The summed E-state index contributed by atoms with van der Waals surface area (Å²) in [5.41, 5.74) is 3.72. The maximum Gasteiger partial charge on any atom is 0.181 e. The molecule has 3 fully saturated rings. The van der Waals surface area contributed by atoms with E-state index in [9.17, 15) is 9.59 Å². The van der Waals surface area contributed by atoms with E-state index in [1.54, 1.807) is 0 Å². The van der Waals surface area contributed by atoms with Crippen LogP contribution in [-0.2, 0) is 16.0 Å². The van der Waals surface area contributed by atoms with Crippen molar-refractivity contribution in [1.82, 2.24) is 0 Å². The Hall–Kier alpha value is -1.96. The Balaban J connectivity index is 1.31. The van der Waals surface area contributed by atoms with Gasteiger partial charge in [-0.25, -0.2) is 0 Å². The van der Waals surface area contributed by atoms with Crippen molar-refractivity contribution < 1.29 is 9.59 Å². The number of aryl methyl sites for hydroxylation is 1. The molecular formula is C29H36O2. The van der Waals surface area contributed by atoms with Crippen LogP contribution in [0.25, 0.3) is 0 Å². The van der Waals surface area contributed by atoms with E-state index in [1.807, 2.05) is 6.08 Å². The molecule has 5 rings (SSSR count). The Kier molecular flexibility index (Phi) is 5.31. The first-order valence-corrected chi connectivity index (χ1v) is 12.5. The number of unbranched alkanes of at least 4 members (excludes halogenated alkanes) is 1. The number of ketones is 2. The molecule has 0 aromatic heterocycles. The van der Waals surface area contributed by atoms with Crippen LogP contribution in [0.1, 0.15) is 77.2 Å². The molecule has 1 aromatic carbocycles. The second-order valence-electron chi connectivity index (χ2n) is 11.0. The topological polar surface area (TPSA) is 34.1 Å². The monoisotopic (exact) mass is 416 g/mol. The van der Waals surface area contributed by atoms with E-state index in [2.05, 4.69) is 50.3 Å². The third-order valence-corrected chi connectivity index (χ3v) is 9.46. The molecule has 0 N–H and O–H groups in total. The molecule has 0 heterocycles. The summed E-state index contributed by atoms with van der Waals surface area (Å²) in [5.74, 6) is 2.54. The van der Waals surface area contributed by atoms with Gasteiger partial charge in [-0.2, -0.15) is 0 Å². The predicted octanol–water partition coefficient (Wildman–Crippen LogP) is 6.65. The molecule has 164 valence electrons. The molecule has 2 nitrogen and oxygen atoms in total. The van der Waals surface area contributed by atoms with Gasteiger partial charge in [-0.1, -0.05) is 55.8 Å². The lowest BCUT2D eigenvalue weighted by Crippen LogP contribution is -2.50. The van der Waals surface area contributed by atoms with E-state index in [-0.39, 0.29) is 16.6 Å². The summed E-state index contributed by atoms with van der Waals surface area (Å²) in [5, 5.41) is 0. The van der Waals surface area contributed by atoms with Crippen LogP contribution in [0.15, 0.2) is 53.6 Å². The fourth-order valence-corrected chi connectivity index (χ4v) is 7.63. The van der Waals surface area contributed by atoms with Crippen molar-refractivity contribution in [3.8, 4) is 0 Å². The lowest BCUT2D eigenvalue weighted by atomic mass is 9.48. The Morgan fingerprint density at radius 3 is 2.48 bits per heavy atom. The minimum atomic E-state index is -0.0762. The van der Waals surface area contributed by atoms with E-state index in [1.165, 1.54) is 11.1 Å². The number of carbonyl (C=O) groups is 2. The van der Waals surface area contributed by atoms with Gasteiger partial charge in [-0.05, 0) is 92.8 Å². The summed E-state index contributed by atoms with van der Waals surface area (Å²) in [6, 6.07) is 10.6. The molecule has 0 radical (unpaired) electrons. The molecule has 3 saturated carbocycles. The van der Waals surface area contributed by atoms with Gasteiger partial charge in [0.25, 0.3) is 0 Å². The van der Waals surface area contributed by atoms with Crippen molar-refractivity contribution in [2.45, 2.75) is 78.1 Å². The largest absolute Gasteiger partial charge is 0.299 e. The zero-order chi connectivity index (χ0) is 21.6. The molecular weight excluding hydrogens is 380 g/mol. The van der Waals surface area contributed by atoms with Crippen LogP contribution in [-0.4, -0.2) is 11.6 Å². The third-order valence-electron chi connectivity index (χ3n) is 9.46. The van der Waals surface area contributed by atoms with Gasteiger partial charge in [0.2, 0.25) is 0 Å². The quantitative estimate of drug-likeness (QED) is 0.504. The summed E-state index contributed by atoms with van der Waals surface area (Å²) in [4.78, 5) is 25.5. The van der Waals surface area contributed by atoms with Gasteiger partial charge in [-0.3, -0.25) is 9.59 Å². The first-order valence-electron chi connectivity index (χ1n) is 12.5. The smallest absolute Gasteiger partial charge is 0.181 e. The first-order chi connectivity index (χ1) is 14.9. The van der Waals surface area contributed by atoms with E-state index < -0.39 is 0 Å². The molecule has 31 heavy (non-hydrogen) atoms. The molecule has 0 bridgehead atoms. The second kappa shape index (κ2) is 7.87. The van der Waals surface area contributed by atoms with E-state index in [0.29, 0.717) is 23.5 Å². The number of hydrogen-bond donors (Lipinski definition) is 0. The van der Waals surface area contributed by atoms with Crippen molar-refractivity contribution in [2.75, 3.05) is 0 Å². The maximum atomic E-state index is 12.9. The third kappa shape index (κ3) is 3.47. The fraction of sp³-hybridized carbons (Fsp3) is 0.586. The standard InChI is InChI=1S/C29H36O2/c1-28-17-16-25-23(24(28)14-15-27(28)31)13-12-22-18-26(30)21(19-29(22,25)2)11-7-6-10-20-8-4-3-5-9-20/h3-5,8-9,18-19,23-25H,6-7,10-17H2,1-2H3/t23-,24-,25-,28-,29-/m0/s1. The van der Waals surface area contributed by atoms with Crippen LogP contribution in [0.4, 0.5) is 0 Å². The van der Waals surface area contributed by atoms with E-state index >= 15 is 0 Å². The lowest BCUT2D eigenvalue weighted by molar-refractivity contribution is -0.131. The van der Waals surface area contributed by atoms with Crippen molar-refractivity contribution >= 4 is 11.6 Å². The van der Waals surface area contributed by atoms with Gasteiger partial charge < -0.3 is 0 Å². The van der Waals surface area contributed by atoms with E-state index in [0.717, 1.165) is 69.8 Å². The van der Waals surface area contributed by atoms with Gasteiger partial charge in [0.05, 0.1) is 0 Å². The van der Waals surface area contributed by atoms with Crippen LogP contribution >= 0.6 is 0 Å². The number of allylic oxidation sites excluding steroid dienone is 4. The van der Waals surface area contributed by atoms with E-state index in [4.69, 9.17) is 0 Å². The highest BCUT2D eigenvalue weighted by Crippen LogP contribution is 2.63. The molecule has 1 aromatic rings. The molecule has 0 unspecified atom stereocenters. The second-order valence-corrected chi connectivity index (χ2v) is 11.0. The Bertz CT molecular complexity index is 939. The number of hydrogen-bond acceptors (Lipinski definition) is 2. The SMILES string of the molecule is C[C@]12C=C(CCCCc3ccccc3)C(=O)C=C1CC[C@@H]1[C@@H]2CC[C@]2(C)C(=O)CC[C@@H]12. The van der Waals surface area contributed by atoms with Gasteiger partial charge in [0.15, 0.2) is 5.78 Å². The Labute approximate surface area is 187 Å². The number of benzene rings is 1. The highest BCUT2D eigenvalue weighted by molar-refractivity contribution is 6.05. The molecule has 0 saturated heterocycles. The summed E-state index contributed by atoms with van der Waals surface area (Å²) >= 11 is 0. The molecule has 0 spiro atoms. The predicted molar refractivity (Wildman–Crippen MR) is 125 cm³/mol. The highest BCUT2D eigenvalue weighted by Gasteiger charge is 2.58. The first kappa shape index (κ1) is 20.9. The Morgan fingerprint density at radius 2 is 1.68 bits per heavy atom. The number of fused-ring (bicyclic) bond motifs is 5. The molecule has 2 heteroatoms. The van der Waals surface area contributed by atoms with Crippen LogP contribution < -0.4 is 0 Å². The van der Waals surface area contributed by atoms with Crippen molar-refractivity contribution in [3.63, 3.8) is 0 Å². The van der Waals surface area contributed by atoms with Crippen molar-refractivity contribution in [2.24, 2.45) is 28.6 Å². The maximum absolute atomic E-state index is 12.9. The summed E-state index contributed by atoms with van der Waals surface area (Å²) in [7, 11) is 0. The summed E-state index contributed by atoms with van der Waals surface area (Å²) in [6.07, 6.45) is 14.8. The Morgan fingerprint density at radius 1 is 0.903 bits per heavy atom. The summed E-state index contributed by atoms with van der Waals surface area (Å²) < 4.78 is 0. The molecule has 4 aliphatic rings. The normalized spacial score (nSPS) is 36.9. The zero-order valence-corrected chi connectivity index (χ0v) is 19.2. The number of Topliss-reactive ketones (excluding diaryl/α,β-unsaturated/α-hetero) is 1. The average molecular weight is 417 g/mol. The van der Waals surface area contributed by atoms with Crippen molar-refractivity contribution in [1.29, 1.82) is 0 Å². The fourth-order valence-electron chi connectivity index (χ4n) is 7.63.